The van der Waals surface area contributed by atoms with Gasteiger partial charge >= 0.3 is 0 Å². The fourth-order valence-corrected chi connectivity index (χ4v) is 4.40. The fourth-order valence-electron chi connectivity index (χ4n) is 3.55. The molecule has 1 fully saturated rings. The summed E-state index contributed by atoms with van der Waals surface area (Å²) >= 11 is 0.735. The summed E-state index contributed by atoms with van der Waals surface area (Å²) in [6.45, 7) is 6.26. The summed E-state index contributed by atoms with van der Waals surface area (Å²) in [6, 6.07) is 8.64. The van der Waals surface area contributed by atoms with Crippen molar-refractivity contribution in [3.8, 4) is 17.2 Å². The molecule has 0 unspecified atom stereocenters. The Bertz CT molecular complexity index is 1180. The second kappa shape index (κ2) is 9.14. The predicted octanol–water partition coefficient (Wildman–Crippen LogP) is 4.87. The molecule has 10 heteroatoms. The van der Waals surface area contributed by atoms with Crippen molar-refractivity contribution in [1.29, 1.82) is 0 Å². The van der Waals surface area contributed by atoms with Gasteiger partial charge in [-0.05, 0) is 53.9 Å². The van der Waals surface area contributed by atoms with Crippen LogP contribution in [0.2, 0.25) is 0 Å². The Morgan fingerprint density at radius 2 is 1.94 bits per heavy atom. The van der Waals surface area contributed by atoms with E-state index in [-0.39, 0.29) is 47.8 Å². The molecule has 0 atom stereocenters. The first-order chi connectivity index (χ1) is 15.7. The molecule has 0 spiro atoms. The maximum absolute atomic E-state index is 12.8. The number of carbonyl (C=O) groups excluding carboxylic acids is 2. The van der Waals surface area contributed by atoms with Gasteiger partial charge in [0, 0.05) is 0 Å². The lowest BCUT2D eigenvalue weighted by Crippen LogP contribution is -2.32. The van der Waals surface area contributed by atoms with Crippen LogP contribution in [0, 0.1) is 17.0 Å². The van der Waals surface area contributed by atoms with Crippen LogP contribution in [0.1, 0.15) is 36.5 Å². The quantitative estimate of drug-likeness (QED) is 0.320. The van der Waals surface area contributed by atoms with Gasteiger partial charge in [-0.25, -0.2) is 0 Å². The Labute approximate surface area is 194 Å². The summed E-state index contributed by atoms with van der Waals surface area (Å²) in [4.78, 5) is 37.4. The van der Waals surface area contributed by atoms with Crippen molar-refractivity contribution in [3.05, 3.63) is 62.0 Å². The second-order valence-electron chi connectivity index (χ2n) is 7.90. The van der Waals surface area contributed by atoms with Gasteiger partial charge in [-0.1, -0.05) is 26.0 Å². The first-order valence-corrected chi connectivity index (χ1v) is 11.1. The number of fused-ring (bicyclic) bond motifs is 1. The molecule has 1 saturated heterocycles. The molecular formula is C23H22N2O7S. The SMILES string of the molecule is Cc1ccc(C(C)C)c(OCCN2C(=O)S/C(=C\c3cc4c(cc3[N+](=O)[O-])OCO4)C2=O)c1. The minimum Gasteiger partial charge on any atom is -0.491 e. The van der Waals surface area contributed by atoms with E-state index in [1.807, 2.05) is 25.1 Å². The Balaban J connectivity index is 1.50. The molecule has 33 heavy (non-hydrogen) atoms. The standard InChI is InChI=1S/C23H22N2O7S/c1-13(2)16-5-4-14(3)8-18(16)30-7-6-24-22(26)21(33-23(24)27)10-15-9-19-20(32-12-31-19)11-17(15)25(28)29/h4-5,8-11,13H,6-7,12H2,1-3H3/b21-10-. The Morgan fingerprint density at radius 1 is 1.21 bits per heavy atom. The molecule has 2 aromatic carbocycles. The highest BCUT2D eigenvalue weighted by Crippen LogP contribution is 2.40. The third-order valence-corrected chi connectivity index (χ3v) is 6.15. The van der Waals surface area contributed by atoms with Crippen LogP contribution in [-0.4, -0.2) is 40.9 Å². The van der Waals surface area contributed by atoms with Crippen LogP contribution in [0.3, 0.4) is 0 Å². The highest BCUT2D eigenvalue weighted by atomic mass is 32.2. The number of hydrogen-bond acceptors (Lipinski definition) is 8. The number of nitro benzene ring substituents is 1. The van der Waals surface area contributed by atoms with Gasteiger partial charge in [0.25, 0.3) is 16.8 Å². The van der Waals surface area contributed by atoms with Crippen LogP contribution in [-0.2, 0) is 4.79 Å². The molecule has 2 amide bonds. The monoisotopic (exact) mass is 470 g/mol. The van der Waals surface area contributed by atoms with Crippen molar-refractivity contribution in [2.75, 3.05) is 19.9 Å². The van der Waals surface area contributed by atoms with Crippen LogP contribution in [0.25, 0.3) is 6.08 Å². The lowest BCUT2D eigenvalue weighted by atomic mass is 10.0. The van der Waals surface area contributed by atoms with E-state index in [1.165, 1.54) is 18.2 Å². The zero-order valence-electron chi connectivity index (χ0n) is 18.3. The number of nitrogens with zero attached hydrogens (tertiary/aromatic N) is 2. The molecule has 9 nitrogen and oxygen atoms in total. The summed E-state index contributed by atoms with van der Waals surface area (Å²) in [5.74, 6) is 1.08. The normalized spacial score (nSPS) is 16.2. The average Bonchev–Trinajstić information content (AvgIpc) is 3.32. The molecule has 2 aliphatic heterocycles. The van der Waals surface area contributed by atoms with E-state index >= 15 is 0 Å². The lowest BCUT2D eigenvalue weighted by Gasteiger charge is -2.17. The van der Waals surface area contributed by atoms with Gasteiger partial charge in [-0.15, -0.1) is 0 Å². The molecule has 4 rings (SSSR count). The fraction of sp³-hybridized carbons (Fsp3) is 0.304. The van der Waals surface area contributed by atoms with E-state index in [4.69, 9.17) is 14.2 Å². The molecule has 172 valence electrons. The summed E-state index contributed by atoms with van der Waals surface area (Å²) in [5, 5.41) is 11.0. The van der Waals surface area contributed by atoms with E-state index in [0.29, 0.717) is 5.75 Å². The van der Waals surface area contributed by atoms with E-state index in [1.54, 1.807) is 0 Å². The molecule has 0 N–H and O–H groups in total. The molecule has 2 aromatic rings. The molecule has 0 bridgehead atoms. The number of imide groups is 1. The van der Waals surface area contributed by atoms with Gasteiger partial charge in [0.15, 0.2) is 11.5 Å². The minimum atomic E-state index is -0.569. The molecule has 2 aliphatic rings. The zero-order valence-corrected chi connectivity index (χ0v) is 19.1. The smallest absolute Gasteiger partial charge is 0.293 e. The third-order valence-electron chi connectivity index (χ3n) is 5.24. The summed E-state index contributed by atoms with van der Waals surface area (Å²) < 4.78 is 16.4. The molecule has 0 radical (unpaired) electrons. The van der Waals surface area contributed by atoms with Crippen molar-refractivity contribution in [1.82, 2.24) is 4.90 Å². The topological polar surface area (TPSA) is 108 Å². The maximum atomic E-state index is 12.8. The van der Waals surface area contributed by atoms with Crippen LogP contribution in [0.5, 0.6) is 17.2 Å². The van der Waals surface area contributed by atoms with Gasteiger partial charge < -0.3 is 14.2 Å². The number of rotatable bonds is 7. The maximum Gasteiger partial charge on any atom is 0.293 e. The Kier molecular flexibility index (Phi) is 6.28. The van der Waals surface area contributed by atoms with E-state index < -0.39 is 16.1 Å². The van der Waals surface area contributed by atoms with E-state index in [2.05, 4.69) is 13.8 Å². The summed E-state index contributed by atoms with van der Waals surface area (Å²) in [6.07, 6.45) is 1.34. The molecule has 0 aromatic heterocycles. The number of amides is 2. The number of aryl methyl sites for hydroxylation is 1. The van der Waals surface area contributed by atoms with Crippen molar-refractivity contribution < 1.29 is 28.7 Å². The third kappa shape index (κ3) is 4.65. The van der Waals surface area contributed by atoms with Gasteiger partial charge in [-0.2, -0.15) is 0 Å². The number of hydrogen-bond donors (Lipinski definition) is 0. The lowest BCUT2D eigenvalue weighted by molar-refractivity contribution is -0.385. The van der Waals surface area contributed by atoms with Gasteiger partial charge in [0.1, 0.15) is 12.4 Å². The molecule has 0 saturated carbocycles. The van der Waals surface area contributed by atoms with E-state index in [0.717, 1.165) is 33.5 Å². The van der Waals surface area contributed by atoms with Crippen molar-refractivity contribution in [3.63, 3.8) is 0 Å². The predicted molar refractivity (Wildman–Crippen MR) is 123 cm³/mol. The van der Waals surface area contributed by atoms with Crippen molar-refractivity contribution in [2.45, 2.75) is 26.7 Å². The number of nitro groups is 1. The first kappa shape index (κ1) is 22.7. The number of carbonyl (C=O) groups is 2. The Hall–Kier alpha value is -3.53. The molecular weight excluding hydrogens is 448 g/mol. The average molecular weight is 471 g/mol. The molecule has 0 aliphatic carbocycles. The van der Waals surface area contributed by atoms with Crippen LogP contribution in [0.15, 0.2) is 35.2 Å². The molecule has 2 heterocycles. The number of benzene rings is 2. The van der Waals surface area contributed by atoms with Gasteiger partial charge in [-0.3, -0.25) is 24.6 Å². The van der Waals surface area contributed by atoms with Gasteiger partial charge in [0.2, 0.25) is 6.79 Å². The van der Waals surface area contributed by atoms with Crippen LogP contribution < -0.4 is 14.2 Å². The second-order valence-corrected chi connectivity index (χ2v) is 8.89. The largest absolute Gasteiger partial charge is 0.491 e. The first-order valence-electron chi connectivity index (χ1n) is 10.3. The summed E-state index contributed by atoms with van der Waals surface area (Å²) in [7, 11) is 0. The zero-order chi connectivity index (χ0) is 23.7. The highest BCUT2D eigenvalue weighted by Gasteiger charge is 2.36. The van der Waals surface area contributed by atoms with Crippen molar-refractivity contribution in [2.24, 2.45) is 0 Å². The highest BCUT2D eigenvalue weighted by molar-refractivity contribution is 8.18. The Morgan fingerprint density at radius 3 is 2.64 bits per heavy atom. The van der Waals surface area contributed by atoms with E-state index in [9.17, 15) is 19.7 Å². The van der Waals surface area contributed by atoms with Crippen LogP contribution in [0.4, 0.5) is 10.5 Å². The minimum absolute atomic E-state index is 0.0358. The van der Waals surface area contributed by atoms with Gasteiger partial charge in [0.05, 0.1) is 28.0 Å². The number of ether oxygens (including phenoxy) is 3. The summed E-state index contributed by atoms with van der Waals surface area (Å²) in [5.41, 5.74) is 2.01. The van der Waals surface area contributed by atoms with Crippen molar-refractivity contribution >= 4 is 34.7 Å². The van der Waals surface area contributed by atoms with Crippen LogP contribution >= 0.6 is 11.8 Å². The number of thioether (sulfide) groups is 1.